The van der Waals surface area contributed by atoms with Crippen LogP contribution in [-0.4, -0.2) is 33.2 Å². The number of rotatable bonds is 6. The van der Waals surface area contributed by atoms with E-state index in [4.69, 9.17) is 4.74 Å². The lowest BCUT2D eigenvalue weighted by Gasteiger charge is -2.14. The van der Waals surface area contributed by atoms with Crippen molar-refractivity contribution in [3.05, 3.63) is 45.3 Å². The third-order valence-electron chi connectivity index (χ3n) is 3.52. The van der Waals surface area contributed by atoms with Crippen LogP contribution >= 0.6 is 0 Å². The Morgan fingerprint density at radius 3 is 2.79 bits per heavy atom. The number of carbonyl (C=O) groups excluding carboxylic acids is 1. The van der Waals surface area contributed by atoms with Crippen LogP contribution in [0.2, 0.25) is 0 Å². The molecule has 0 radical (unpaired) electrons. The van der Waals surface area contributed by atoms with E-state index in [1.54, 1.807) is 20.0 Å². The Hall–Kier alpha value is -2.90. The quantitative estimate of drug-likeness (QED) is 0.757. The van der Waals surface area contributed by atoms with Crippen LogP contribution in [0.4, 0.5) is 0 Å². The molecule has 8 heteroatoms. The number of nitrogens with zero attached hydrogens (tertiary/aromatic N) is 3. The minimum absolute atomic E-state index is 0.190. The Morgan fingerprint density at radius 2 is 2.17 bits per heavy atom. The maximum atomic E-state index is 12.8. The molecule has 2 heterocycles. The molecule has 2 aromatic heterocycles. The SMILES string of the molecule is C=CCNC(=O)Cn1c(=O)c2c(OCC)c(C)cnc2n(C)c1=O. The van der Waals surface area contributed by atoms with Gasteiger partial charge in [-0.05, 0) is 13.8 Å². The van der Waals surface area contributed by atoms with Crippen LogP contribution in [0.25, 0.3) is 11.0 Å². The van der Waals surface area contributed by atoms with Crippen LogP contribution in [0.3, 0.4) is 0 Å². The molecule has 0 bridgehead atoms. The van der Waals surface area contributed by atoms with Gasteiger partial charge in [-0.25, -0.2) is 14.3 Å². The van der Waals surface area contributed by atoms with Crippen LogP contribution < -0.4 is 21.3 Å². The second kappa shape index (κ2) is 7.12. The van der Waals surface area contributed by atoms with Gasteiger partial charge in [-0.15, -0.1) is 6.58 Å². The zero-order valence-corrected chi connectivity index (χ0v) is 14.0. The van der Waals surface area contributed by atoms with E-state index in [1.807, 2.05) is 0 Å². The largest absolute Gasteiger partial charge is 0.493 e. The third-order valence-corrected chi connectivity index (χ3v) is 3.52. The number of aromatic nitrogens is 3. The van der Waals surface area contributed by atoms with Crippen molar-refractivity contribution in [3.63, 3.8) is 0 Å². The molecule has 0 saturated carbocycles. The normalized spacial score (nSPS) is 10.6. The van der Waals surface area contributed by atoms with E-state index in [0.29, 0.717) is 17.9 Å². The first-order valence-electron chi connectivity index (χ1n) is 7.51. The summed E-state index contributed by atoms with van der Waals surface area (Å²) in [5.74, 6) is -0.0737. The summed E-state index contributed by atoms with van der Waals surface area (Å²) in [6, 6.07) is 0. The molecule has 0 aliphatic rings. The number of carbonyl (C=O) groups is 1. The molecule has 1 N–H and O–H groups in total. The van der Waals surface area contributed by atoms with Gasteiger partial charge in [-0.1, -0.05) is 6.08 Å². The molecule has 128 valence electrons. The summed E-state index contributed by atoms with van der Waals surface area (Å²) in [6.45, 7) is 7.30. The average molecular weight is 332 g/mol. The molecule has 2 aromatic rings. The number of amides is 1. The molecule has 0 fully saturated rings. The summed E-state index contributed by atoms with van der Waals surface area (Å²) >= 11 is 0. The molecule has 0 aromatic carbocycles. The number of hydrogen-bond acceptors (Lipinski definition) is 5. The van der Waals surface area contributed by atoms with Gasteiger partial charge in [0, 0.05) is 25.4 Å². The fraction of sp³-hybridized carbons (Fsp3) is 0.375. The molecular weight excluding hydrogens is 312 g/mol. The van der Waals surface area contributed by atoms with Crippen molar-refractivity contribution in [1.82, 2.24) is 19.4 Å². The lowest BCUT2D eigenvalue weighted by molar-refractivity contribution is -0.121. The van der Waals surface area contributed by atoms with Gasteiger partial charge in [0.05, 0.1) is 6.61 Å². The van der Waals surface area contributed by atoms with E-state index in [-0.39, 0.29) is 24.1 Å². The molecule has 0 saturated heterocycles. The van der Waals surface area contributed by atoms with E-state index in [2.05, 4.69) is 16.9 Å². The maximum absolute atomic E-state index is 12.8. The Morgan fingerprint density at radius 1 is 1.46 bits per heavy atom. The third kappa shape index (κ3) is 3.08. The van der Waals surface area contributed by atoms with Gasteiger partial charge in [0.1, 0.15) is 17.7 Å². The van der Waals surface area contributed by atoms with Crippen LogP contribution in [-0.2, 0) is 18.4 Å². The second-order valence-electron chi connectivity index (χ2n) is 5.23. The van der Waals surface area contributed by atoms with E-state index in [9.17, 15) is 14.4 Å². The Balaban J connectivity index is 2.71. The van der Waals surface area contributed by atoms with Gasteiger partial charge in [0.2, 0.25) is 5.91 Å². The molecule has 0 spiro atoms. The monoisotopic (exact) mass is 332 g/mol. The molecule has 0 aliphatic heterocycles. The van der Waals surface area contributed by atoms with Gasteiger partial charge in [0.15, 0.2) is 5.65 Å². The average Bonchev–Trinajstić information content (AvgIpc) is 2.56. The first kappa shape index (κ1) is 17.5. The lowest BCUT2D eigenvalue weighted by Crippen LogP contribution is -2.43. The number of ether oxygens (including phenoxy) is 1. The number of hydrogen-bond donors (Lipinski definition) is 1. The Labute approximate surface area is 138 Å². The van der Waals surface area contributed by atoms with Gasteiger partial charge < -0.3 is 10.1 Å². The molecule has 8 nitrogen and oxygen atoms in total. The summed E-state index contributed by atoms with van der Waals surface area (Å²) in [5.41, 5.74) is -0.300. The molecule has 2 rings (SSSR count). The zero-order chi connectivity index (χ0) is 17.9. The summed E-state index contributed by atoms with van der Waals surface area (Å²) in [4.78, 5) is 41.3. The van der Waals surface area contributed by atoms with E-state index in [0.717, 1.165) is 4.57 Å². The van der Waals surface area contributed by atoms with Crippen LogP contribution in [0.15, 0.2) is 28.4 Å². The standard InChI is InChI=1S/C16H20N4O4/c1-5-7-17-11(21)9-20-15(22)12-13(24-6-2)10(3)8-18-14(12)19(4)16(20)23/h5,8H,1,6-7,9H2,2-4H3,(H,17,21). The minimum atomic E-state index is -0.611. The number of pyridine rings is 1. The summed E-state index contributed by atoms with van der Waals surface area (Å²) in [7, 11) is 1.50. The van der Waals surface area contributed by atoms with Crippen molar-refractivity contribution < 1.29 is 9.53 Å². The van der Waals surface area contributed by atoms with E-state index in [1.165, 1.54) is 17.7 Å². The smallest absolute Gasteiger partial charge is 0.332 e. The first-order valence-corrected chi connectivity index (χ1v) is 7.51. The van der Waals surface area contributed by atoms with Crippen LogP contribution in [0.1, 0.15) is 12.5 Å². The Kier molecular flexibility index (Phi) is 5.18. The van der Waals surface area contributed by atoms with Crippen molar-refractivity contribution >= 4 is 16.9 Å². The second-order valence-corrected chi connectivity index (χ2v) is 5.23. The van der Waals surface area contributed by atoms with E-state index < -0.39 is 17.2 Å². The molecule has 24 heavy (non-hydrogen) atoms. The Bertz CT molecular complexity index is 911. The van der Waals surface area contributed by atoms with Crippen molar-refractivity contribution in [1.29, 1.82) is 0 Å². The molecule has 0 unspecified atom stereocenters. The highest BCUT2D eigenvalue weighted by Gasteiger charge is 2.19. The van der Waals surface area contributed by atoms with E-state index >= 15 is 0 Å². The van der Waals surface area contributed by atoms with Crippen molar-refractivity contribution in [2.45, 2.75) is 20.4 Å². The predicted molar refractivity (Wildman–Crippen MR) is 90.4 cm³/mol. The van der Waals surface area contributed by atoms with Crippen LogP contribution in [0.5, 0.6) is 5.75 Å². The van der Waals surface area contributed by atoms with Gasteiger partial charge in [0.25, 0.3) is 5.56 Å². The summed E-state index contributed by atoms with van der Waals surface area (Å²) < 4.78 is 7.68. The highest BCUT2D eigenvalue weighted by molar-refractivity contribution is 5.83. The molecule has 1 amide bonds. The highest BCUT2D eigenvalue weighted by atomic mass is 16.5. The predicted octanol–water partition coefficient (Wildman–Crippen LogP) is 0.105. The first-order chi connectivity index (χ1) is 11.4. The fourth-order valence-electron chi connectivity index (χ4n) is 2.38. The van der Waals surface area contributed by atoms with Gasteiger partial charge in [-0.3, -0.25) is 14.2 Å². The van der Waals surface area contributed by atoms with Crippen molar-refractivity contribution in [2.24, 2.45) is 7.05 Å². The molecule has 0 aliphatic carbocycles. The molecule has 0 atom stereocenters. The number of nitrogens with one attached hydrogen (secondary N) is 1. The summed E-state index contributed by atoms with van der Waals surface area (Å²) in [6.07, 6.45) is 3.06. The number of fused-ring (bicyclic) bond motifs is 1. The van der Waals surface area contributed by atoms with Crippen LogP contribution in [0, 0.1) is 6.92 Å². The highest BCUT2D eigenvalue weighted by Crippen LogP contribution is 2.24. The van der Waals surface area contributed by atoms with Gasteiger partial charge >= 0.3 is 5.69 Å². The summed E-state index contributed by atoms with van der Waals surface area (Å²) in [5, 5.41) is 2.73. The van der Waals surface area contributed by atoms with Crippen molar-refractivity contribution in [2.75, 3.05) is 13.2 Å². The lowest BCUT2D eigenvalue weighted by atomic mass is 10.2. The van der Waals surface area contributed by atoms with Gasteiger partial charge in [-0.2, -0.15) is 0 Å². The maximum Gasteiger partial charge on any atom is 0.332 e. The number of aryl methyl sites for hydroxylation is 2. The minimum Gasteiger partial charge on any atom is -0.493 e. The molecular formula is C16H20N4O4. The topological polar surface area (TPSA) is 95.2 Å². The zero-order valence-electron chi connectivity index (χ0n) is 14.0. The fourth-order valence-corrected chi connectivity index (χ4v) is 2.38. The van der Waals surface area contributed by atoms with Crippen molar-refractivity contribution in [3.8, 4) is 5.75 Å².